The lowest BCUT2D eigenvalue weighted by molar-refractivity contribution is 0.0576. The summed E-state index contributed by atoms with van der Waals surface area (Å²) in [7, 11) is 2.08. The van der Waals surface area contributed by atoms with Crippen molar-refractivity contribution in [3.63, 3.8) is 0 Å². The van der Waals surface area contributed by atoms with E-state index in [0.717, 1.165) is 37.8 Å². The van der Waals surface area contributed by atoms with Crippen molar-refractivity contribution in [3.8, 4) is 0 Å². The van der Waals surface area contributed by atoms with Crippen LogP contribution in [0.25, 0.3) is 0 Å². The third-order valence-corrected chi connectivity index (χ3v) is 3.87. The zero-order valence-electron chi connectivity index (χ0n) is 11.5. The number of nitrogens with zero attached hydrogens (tertiary/aromatic N) is 3. The van der Waals surface area contributed by atoms with Gasteiger partial charge in [0.1, 0.15) is 17.5 Å². The van der Waals surface area contributed by atoms with Gasteiger partial charge in [0.15, 0.2) is 0 Å². The van der Waals surface area contributed by atoms with Gasteiger partial charge in [0.2, 0.25) is 0 Å². The molecule has 0 amide bonds. The number of rotatable bonds is 4. The van der Waals surface area contributed by atoms with Crippen molar-refractivity contribution in [1.82, 2.24) is 9.97 Å². The van der Waals surface area contributed by atoms with Gasteiger partial charge in [0.05, 0.1) is 6.61 Å². The maximum atomic E-state index is 5.89. The molecule has 104 valence electrons. The fourth-order valence-corrected chi connectivity index (χ4v) is 2.62. The monoisotopic (exact) mass is 262 g/mol. The van der Waals surface area contributed by atoms with Gasteiger partial charge in [-0.2, -0.15) is 0 Å². The second kappa shape index (κ2) is 5.33. The third-order valence-electron chi connectivity index (χ3n) is 3.87. The number of aromatic nitrogens is 2. The van der Waals surface area contributed by atoms with Gasteiger partial charge < -0.3 is 15.4 Å². The molecule has 1 unspecified atom stereocenters. The SMILES string of the molecule is CN(CC1CCCOC1)c1cc(N)nc(C2CC2)n1. The van der Waals surface area contributed by atoms with E-state index in [4.69, 9.17) is 10.5 Å². The second-order valence-corrected chi connectivity index (χ2v) is 5.75. The predicted molar refractivity (Wildman–Crippen MR) is 75.2 cm³/mol. The molecule has 5 nitrogen and oxygen atoms in total. The zero-order valence-corrected chi connectivity index (χ0v) is 11.5. The fourth-order valence-electron chi connectivity index (χ4n) is 2.62. The molecule has 0 aromatic carbocycles. The van der Waals surface area contributed by atoms with Crippen LogP contribution in [-0.4, -0.2) is 36.8 Å². The van der Waals surface area contributed by atoms with Crippen molar-refractivity contribution in [2.24, 2.45) is 5.92 Å². The lowest BCUT2D eigenvalue weighted by Gasteiger charge is -2.28. The predicted octanol–water partition coefficient (Wildman–Crippen LogP) is 1.80. The highest BCUT2D eigenvalue weighted by Gasteiger charge is 2.27. The maximum Gasteiger partial charge on any atom is 0.136 e. The number of nitrogen functional groups attached to an aromatic ring is 1. The molecule has 1 saturated carbocycles. The van der Waals surface area contributed by atoms with Crippen molar-refractivity contribution in [1.29, 1.82) is 0 Å². The van der Waals surface area contributed by atoms with Gasteiger partial charge in [0.25, 0.3) is 0 Å². The molecule has 0 radical (unpaired) electrons. The zero-order chi connectivity index (χ0) is 13.2. The molecule has 2 aliphatic rings. The van der Waals surface area contributed by atoms with Crippen molar-refractivity contribution in [3.05, 3.63) is 11.9 Å². The lowest BCUT2D eigenvalue weighted by atomic mass is 10.0. The van der Waals surface area contributed by atoms with Crippen molar-refractivity contribution >= 4 is 11.6 Å². The molecule has 2 heterocycles. The minimum Gasteiger partial charge on any atom is -0.384 e. The summed E-state index contributed by atoms with van der Waals surface area (Å²) in [5.74, 6) is 3.58. The molecule has 19 heavy (non-hydrogen) atoms. The van der Waals surface area contributed by atoms with E-state index in [1.807, 2.05) is 6.07 Å². The summed E-state index contributed by atoms with van der Waals surface area (Å²) in [6.07, 6.45) is 4.80. The van der Waals surface area contributed by atoms with E-state index in [0.29, 0.717) is 17.7 Å². The molecular weight excluding hydrogens is 240 g/mol. The van der Waals surface area contributed by atoms with Crippen molar-refractivity contribution in [2.45, 2.75) is 31.6 Å². The van der Waals surface area contributed by atoms with Crippen LogP contribution >= 0.6 is 0 Å². The number of hydrogen-bond acceptors (Lipinski definition) is 5. The Morgan fingerprint density at radius 2 is 2.21 bits per heavy atom. The van der Waals surface area contributed by atoms with Crippen LogP contribution in [0, 0.1) is 5.92 Å². The molecule has 1 atom stereocenters. The average Bonchev–Trinajstić information content (AvgIpc) is 3.23. The maximum absolute atomic E-state index is 5.89. The van der Waals surface area contributed by atoms with E-state index in [1.165, 1.54) is 19.3 Å². The largest absolute Gasteiger partial charge is 0.384 e. The van der Waals surface area contributed by atoms with E-state index < -0.39 is 0 Å². The summed E-state index contributed by atoms with van der Waals surface area (Å²) in [4.78, 5) is 11.2. The molecule has 1 saturated heterocycles. The van der Waals surface area contributed by atoms with Crippen LogP contribution in [0.2, 0.25) is 0 Å². The first kappa shape index (κ1) is 12.7. The molecule has 0 bridgehead atoms. The summed E-state index contributed by atoms with van der Waals surface area (Å²) in [5, 5.41) is 0. The first-order valence-corrected chi connectivity index (χ1v) is 7.15. The van der Waals surface area contributed by atoms with Crippen LogP contribution in [0.4, 0.5) is 11.6 Å². The molecule has 1 aromatic rings. The summed E-state index contributed by atoms with van der Waals surface area (Å²) in [5.41, 5.74) is 5.89. The quantitative estimate of drug-likeness (QED) is 0.896. The molecule has 5 heteroatoms. The molecule has 1 aliphatic heterocycles. The Bertz CT molecular complexity index is 441. The van der Waals surface area contributed by atoms with E-state index in [9.17, 15) is 0 Å². The Morgan fingerprint density at radius 3 is 2.89 bits per heavy atom. The normalized spacial score (nSPS) is 23.3. The van der Waals surface area contributed by atoms with Gasteiger partial charge in [-0.15, -0.1) is 0 Å². The summed E-state index contributed by atoms with van der Waals surface area (Å²) >= 11 is 0. The molecule has 3 rings (SSSR count). The van der Waals surface area contributed by atoms with E-state index in [-0.39, 0.29) is 0 Å². The van der Waals surface area contributed by atoms with Crippen LogP contribution in [-0.2, 0) is 4.74 Å². The van der Waals surface area contributed by atoms with E-state index >= 15 is 0 Å². The highest BCUT2D eigenvalue weighted by Crippen LogP contribution is 2.38. The standard InChI is InChI=1S/C14H22N4O/c1-18(8-10-3-2-6-19-9-10)13-7-12(15)16-14(17-13)11-4-5-11/h7,10-11H,2-6,8-9H2,1H3,(H2,15,16,17). The lowest BCUT2D eigenvalue weighted by Crippen LogP contribution is -2.31. The van der Waals surface area contributed by atoms with Crippen LogP contribution in [0.1, 0.15) is 37.4 Å². The Hall–Kier alpha value is -1.36. The molecule has 0 spiro atoms. The van der Waals surface area contributed by atoms with Gasteiger partial charge in [-0.25, -0.2) is 9.97 Å². The third kappa shape index (κ3) is 3.15. The highest BCUT2D eigenvalue weighted by molar-refractivity contribution is 5.47. The summed E-state index contributed by atoms with van der Waals surface area (Å²) in [6, 6.07) is 1.87. The van der Waals surface area contributed by atoms with Gasteiger partial charge in [0, 0.05) is 32.2 Å². The average molecular weight is 262 g/mol. The van der Waals surface area contributed by atoms with Gasteiger partial charge >= 0.3 is 0 Å². The van der Waals surface area contributed by atoms with Gasteiger partial charge in [-0.3, -0.25) is 0 Å². The molecule has 2 fully saturated rings. The Balaban J connectivity index is 1.69. The number of nitrogens with two attached hydrogens (primary N) is 1. The minimum absolute atomic E-state index is 0.536. The van der Waals surface area contributed by atoms with Gasteiger partial charge in [-0.1, -0.05) is 0 Å². The van der Waals surface area contributed by atoms with Gasteiger partial charge in [-0.05, 0) is 31.6 Å². The molecule has 1 aliphatic carbocycles. The van der Waals surface area contributed by atoms with Crippen molar-refractivity contribution in [2.75, 3.05) is 37.4 Å². The number of anilines is 2. The minimum atomic E-state index is 0.536. The van der Waals surface area contributed by atoms with Crippen LogP contribution < -0.4 is 10.6 Å². The Morgan fingerprint density at radius 1 is 1.37 bits per heavy atom. The van der Waals surface area contributed by atoms with Crippen molar-refractivity contribution < 1.29 is 4.74 Å². The molecule has 1 aromatic heterocycles. The van der Waals surface area contributed by atoms with E-state index in [1.54, 1.807) is 0 Å². The first-order chi connectivity index (χ1) is 9.22. The molecule has 2 N–H and O–H groups in total. The van der Waals surface area contributed by atoms with Crippen LogP contribution in [0.15, 0.2) is 6.07 Å². The molecular formula is C14H22N4O. The smallest absolute Gasteiger partial charge is 0.136 e. The number of hydrogen-bond donors (Lipinski definition) is 1. The van der Waals surface area contributed by atoms with E-state index in [2.05, 4.69) is 21.9 Å². The summed E-state index contributed by atoms with van der Waals surface area (Å²) < 4.78 is 5.53. The van der Waals surface area contributed by atoms with Crippen LogP contribution in [0.5, 0.6) is 0 Å². The Kier molecular flexibility index (Phi) is 3.55. The summed E-state index contributed by atoms with van der Waals surface area (Å²) in [6.45, 7) is 2.74. The second-order valence-electron chi connectivity index (χ2n) is 5.75. The fraction of sp³-hybridized carbons (Fsp3) is 0.714. The first-order valence-electron chi connectivity index (χ1n) is 7.15. The highest BCUT2D eigenvalue weighted by atomic mass is 16.5. The number of ether oxygens (including phenoxy) is 1. The Labute approximate surface area is 114 Å². The van der Waals surface area contributed by atoms with Crippen LogP contribution in [0.3, 0.4) is 0 Å². The topological polar surface area (TPSA) is 64.3 Å².